The molecule has 0 radical (unpaired) electrons. The highest BCUT2D eigenvalue weighted by atomic mass is 19.2. The second kappa shape index (κ2) is 5.80. The molecule has 100 valence electrons. The molecule has 2 rings (SSSR count). The standard InChI is InChI=1S/C15H15F2NO/c1-10(12-5-6-14(16)15(17)8-12)18-13-4-2-3-11(7-13)9-19/h2-8,10,18-19H,9H2,1H3. The maximum absolute atomic E-state index is 13.2. The van der Waals surface area contributed by atoms with Crippen molar-refractivity contribution in [3.63, 3.8) is 0 Å². The monoisotopic (exact) mass is 263 g/mol. The van der Waals surface area contributed by atoms with E-state index in [2.05, 4.69) is 5.32 Å². The predicted molar refractivity (Wildman–Crippen MR) is 70.8 cm³/mol. The fourth-order valence-electron chi connectivity index (χ4n) is 1.87. The van der Waals surface area contributed by atoms with Gasteiger partial charge in [-0.05, 0) is 42.3 Å². The van der Waals surface area contributed by atoms with Gasteiger partial charge in [0.1, 0.15) is 0 Å². The number of benzene rings is 2. The average Bonchev–Trinajstić information content (AvgIpc) is 2.42. The second-order valence-electron chi connectivity index (χ2n) is 4.40. The summed E-state index contributed by atoms with van der Waals surface area (Å²) in [5.41, 5.74) is 2.28. The Bertz CT molecular complexity index is 572. The van der Waals surface area contributed by atoms with Gasteiger partial charge >= 0.3 is 0 Å². The van der Waals surface area contributed by atoms with E-state index in [1.165, 1.54) is 6.07 Å². The summed E-state index contributed by atoms with van der Waals surface area (Å²) in [6, 6.07) is 11.0. The van der Waals surface area contributed by atoms with E-state index in [-0.39, 0.29) is 12.6 Å². The third-order valence-corrected chi connectivity index (χ3v) is 2.94. The Kier molecular flexibility index (Phi) is 4.12. The summed E-state index contributed by atoms with van der Waals surface area (Å²) in [6.45, 7) is 1.83. The first-order valence-corrected chi connectivity index (χ1v) is 6.01. The summed E-state index contributed by atoms with van der Waals surface area (Å²) >= 11 is 0. The van der Waals surface area contributed by atoms with Crippen molar-refractivity contribution in [1.29, 1.82) is 0 Å². The minimum atomic E-state index is -0.852. The zero-order chi connectivity index (χ0) is 13.8. The molecular weight excluding hydrogens is 248 g/mol. The molecule has 0 spiro atoms. The first-order chi connectivity index (χ1) is 9.10. The maximum Gasteiger partial charge on any atom is 0.159 e. The molecular formula is C15H15F2NO. The fourth-order valence-corrected chi connectivity index (χ4v) is 1.87. The molecule has 2 aromatic carbocycles. The highest BCUT2D eigenvalue weighted by Gasteiger charge is 2.09. The predicted octanol–water partition coefficient (Wildman–Crippen LogP) is 3.63. The van der Waals surface area contributed by atoms with Gasteiger partial charge in [0.25, 0.3) is 0 Å². The molecule has 2 aromatic rings. The number of rotatable bonds is 4. The Labute approximate surface area is 110 Å². The Balaban J connectivity index is 2.15. The molecule has 0 aliphatic carbocycles. The van der Waals surface area contributed by atoms with Gasteiger partial charge in [-0.15, -0.1) is 0 Å². The minimum Gasteiger partial charge on any atom is -0.392 e. The van der Waals surface area contributed by atoms with Gasteiger partial charge in [-0.1, -0.05) is 18.2 Å². The van der Waals surface area contributed by atoms with Gasteiger partial charge in [0.15, 0.2) is 11.6 Å². The largest absolute Gasteiger partial charge is 0.392 e. The maximum atomic E-state index is 13.2. The summed E-state index contributed by atoms with van der Waals surface area (Å²) in [6.07, 6.45) is 0. The molecule has 0 saturated carbocycles. The number of aliphatic hydroxyl groups excluding tert-OH is 1. The van der Waals surface area contributed by atoms with Gasteiger partial charge in [-0.25, -0.2) is 8.78 Å². The van der Waals surface area contributed by atoms with Crippen LogP contribution in [0, 0.1) is 11.6 Å². The second-order valence-corrected chi connectivity index (χ2v) is 4.40. The fraction of sp³-hybridized carbons (Fsp3) is 0.200. The van der Waals surface area contributed by atoms with E-state index in [1.54, 1.807) is 6.07 Å². The third kappa shape index (κ3) is 3.29. The summed E-state index contributed by atoms with van der Waals surface area (Å²) in [4.78, 5) is 0. The Morgan fingerprint density at radius 2 is 1.89 bits per heavy atom. The lowest BCUT2D eigenvalue weighted by atomic mass is 10.1. The number of hydrogen-bond acceptors (Lipinski definition) is 2. The van der Waals surface area contributed by atoms with Gasteiger partial charge in [0.05, 0.1) is 6.61 Å². The van der Waals surface area contributed by atoms with Gasteiger partial charge in [-0.3, -0.25) is 0 Å². The Morgan fingerprint density at radius 3 is 2.58 bits per heavy atom. The summed E-state index contributed by atoms with van der Waals surface area (Å²) in [5.74, 6) is -1.70. The van der Waals surface area contributed by atoms with Crippen molar-refractivity contribution >= 4 is 5.69 Å². The van der Waals surface area contributed by atoms with E-state index >= 15 is 0 Å². The molecule has 19 heavy (non-hydrogen) atoms. The molecule has 2 nitrogen and oxygen atoms in total. The van der Waals surface area contributed by atoms with Crippen LogP contribution in [0.5, 0.6) is 0 Å². The lowest BCUT2D eigenvalue weighted by molar-refractivity contribution is 0.282. The Morgan fingerprint density at radius 1 is 1.11 bits per heavy atom. The van der Waals surface area contributed by atoms with E-state index in [0.29, 0.717) is 5.56 Å². The van der Waals surface area contributed by atoms with Crippen LogP contribution >= 0.6 is 0 Å². The van der Waals surface area contributed by atoms with Gasteiger partial charge in [0, 0.05) is 11.7 Å². The van der Waals surface area contributed by atoms with Crippen molar-refractivity contribution < 1.29 is 13.9 Å². The van der Waals surface area contributed by atoms with Gasteiger partial charge in [0.2, 0.25) is 0 Å². The van der Waals surface area contributed by atoms with Crippen LogP contribution in [0.3, 0.4) is 0 Å². The van der Waals surface area contributed by atoms with Gasteiger partial charge in [-0.2, -0.15) is 0 Å². The molecule has 0 saturated heterocycles. The molecule has 0 aliphatic heterocycles. The topological polar surface area (TPSA) is 32.3 Å². The number of anilines is 1. The zero-order valence-corrected chi connectivity index (χ0v) is 10.5. The molecule has 0 heterocycles. The van der Waals surface area contributed by atoms with E-state index in [1.807, 2.05) is 31.2 Å². The van der Waals surface area contributed by atoms with E-state index in [4.69, 9.17) is 5.11 Å². The van der Waals surface area contributed by atoms with Crippen molar-refractivity contribution in [1.82, 2.24) is 0 Å². The van der Waals surface area contributed by atoms with Crippen LogP contribution in [-0.4, -0.2) is 5.11 Å². The molecule has 2 N–H and O–H groups in total. The highest BCUT2D eigenvalue weighted by molar-refractivity contribution is 5.47. The van der Waals surface area contributed by atoms with Gasteiger partial charge < -0.3 is 10.4 Å². The van der Waals surface area contributed by atoms with E-state index in [0.717, 1.165) is 17.3 Å². The lowest BCUT2D eigenvalue weighted by Gasteiger charge is -2.16. The van der Waals surface area contributed by atoms with Crippen LogP contribution < -0.4 is 5.32 Å². The van der Waals surface area contributed by atoms with E-state index in [9.17, 15) is 8.78 Å². The molecule has 4 heteroatoms. The summed E-state index contributed by atoms with van der Waals surface area (Å²) < 4.78 is 26.0. The van der Waals surface area contributed by atoms with Crippen molar-refractivity contribution in [3.05, 3.63) is 65.2 Å². The molecule has 0 bridgehead atoms. The number of nitrogens with one attached hydrogen (secondary N) is 1. The minimum absolute atomic E-state index is 0.0327. The molecule has 0 aromatic heterocycles. The number of hydrogen-bond donors (Lipinski definition) is 2. The van der Waals surface area contributed by atoms with Crippen LogP contribution in [-0.2, 0) is 6.61 Å². The smallest absolute Gasteiger partial charge is 0.159 e. The SMILES string of the molecule is CC(Nc1cccc(CO)c1)c1ccc(F)c(F)c1. The van der Waals surface area contributed by atoms with Crippen LogP contribution in [0.4, 0.5) is 14.5 Å². The first kappa shape index (κ1) is 13.5. The van der Waals surface area contributed by atoms with Crippen molar-refractivity contribution in [2.75, 3.05) is 5.32 Å². The lowest BCUT2D eigenvalue weighted by Crippen LogP contribution is -2.07. The molecule has 1 atom stereocenters. The summed E-state index contributed by atoms with van der Waals surface area (Å²) in [5, 5.41) is 12.2. The van der Waals surface area contributed by atoms with Crippen LogP contribution in [0.25, 0.3) is 0 Å². The van der Waals surface area contributed by atoms with E-state index < -0.39 is 11.6 Å². The molecule has 1 unspecified atom stereocenters. The number of aliphatic hydroxyl groups is 1. The first-order valence-electron chi connectivity index (χ1n) is 6.01. The van der Waals surface area contributed by atoms with Crippen molar-refractivity contribution in [3.8, 4) is 0 Å². The molecule has 0 fully saturated rings. The average molecular weight is 263 g/mol. The highest BCUT2D eigenvalue weighted by Crippen LogP contribution is 2.21. The van der Waals surface area contributed by atoms with Crippen LogP contribution in [0.2, 0.25) is 0 Å². The Hall–Kier alpha value is -1.94. The molecule has 0 amide bonds. The normalized spacial score (nSPS) is 12.2. The molecule has 0 aliphatic rings. The number of halogens is 2. The van der Waals surface area contributed by atoms with Crippen LogP contribution in [0.1, 0.15) is 24.1 Å². The third-order valence-electron chi connectivity index (χ3n) is 2.94. The van der Waals surface area contributed by atoms with Crippen LogP contribution in [0.15, 0.2) is 42.5 Å². The van der Waals surface area contributed by atoms with Crippen molar-refractivity contribution in [2.45, 2.75) is 19.6 Å². The quantitative estimate of drug-likeness (QED) is 0.882. The summed E-state index contributed by atoms with van der Waals surface area (Å²) in [7, 11) is 0. The van der Waals surface area contributed by atoms with Crippen molar-refractivity contribution in [2.24, 2.45) is 0 Å². The zero-order valence-electron chi connectivity index (χ0n) is 10.5.